The van der Waals surface area contributed by atoms with Crippen molar-refractivity contribution in [1.29, 1.82) is 0 Å². The molecular formula is C46H53N10O12S2+. The molecule has 0 unspecified atom stereocenters. The number of aromatic nitrogens is 5. The molecule has 2 aromatic carbocycles. The second kappa shape index (κ2) is 20.3. The molecule has 4 amide bonds. The summed E-state index contributed by atoms with van der Waals surface area (Å²) in [4.78, 5) is 80.4. The van der Waals surface area contributed by atoms with Crippen molar-refractivity contribution >= 4 is 62.5 Å². The van der Waals surface area contributed by atoms with Gasteiger partial charge < -0.3 is 24.4 Å². The van der Waals surface area contributed by atoms with E-state index in [0.29, 0.717) is 11.1 Å². The molecule has 70 heavy (non-hydrogen) atoms. The Labute approximate surface area is 407 Å². The Balaban J connectivity index is 1.13. The number of carbonyl (C=O) groups excluding carboxylic acids is 5. The van der Waals surface area contributed by atoms with Gasteiger partial charge in [0, 0.05) is 29.9 Å². The van der Waals surface area contributed by atoms with Crippen molar-refractivity contribution in [3.8, 4) is 0 Å². The largest absolute Gasteiger partial charge is 0.450 e. The van der Waals surface area contributed by atoms with Crippen molar-refractivity contribution in [2.24, 2.45) is 12.2 Å². The number of amides is 4. The van der Waals surface area contributed by atoms with Crippen LogP contribution in [0.25, 0.3) is 0 Å². The van der Waals surface area contributed by atoms with E-state index in [1.807, 2.05) is 96.8 Å². The van der Waals surface area contributed by atoms with E-state index in [0.717, 1.165) is 21.7 Å². The Morgan fingerprint density at radius 3 is 2.19 bits per heavy atom. The van der Waals surface area contributed by atoms with Gasteiger partial charge in [-0.15, -0.1) is 11.3 Å². The van der Waals surface area contributed by atoms with Gasteiger partial charge >= 0.3 is 28.5 Å². The third-order valence-electron chi connectivity index (χ3n) is 10.4. The second-order valence-corrected chi connectivity index (χ2v) is 20.7. The fourth-order valence-electron chi connectivity index (χ4n) is 7.10. The van der Waals surface area contributed by atoms with Gasteiger partial charge in [0.2, 0.25) is 5.60 Å². The second-order valence-electron chi connectivity index (χ2n) is 18.5. The molecule has 0 bridgehead atoms. The Bertz CT molecular complexity index is 2840. The number of aryl methyl sites for hydroxylation is 1. The minimum atomic E-state index is -5.18. The maximum atomic E-state index is 14.3. The van der Waals surface area contributed by atoms with E-state index in [2.05, 4.69) is 31.0 Å². The zero-order chi connectivity index (χ0) is 50.6. The van der Waals surface area contributed by atoms with Crippen LogP contribution in [0.5, 0.6) is 0 Å². The third-order valence-corrected chi connectivity index (χ3v) is 12.1. The molecule has 5 aromatic rings. The average Bonchev–Trinajstić information content (AvgIpc) is 3.71. The van der Waals surface area contributed by atoms with E-state index >= 15 is 0 Å². The lowest BCUT2D eigenvalue weighted by atomic mass is 9.98. The third kappa shape index (κ3) is 12.9. The standard InChI is InChI=1S/C46H52N10O12S2/c1-44(2,3)66-42(60)50-41-48-33(28-69-41)35(52-68-46(20-21-46)40(59)65-37(30-16-10-8-11-17-30)31-18-12-9-13-19-31)38(57)49-36-34(56(39(36)58)70(62,63)64)27-55-47-23-32(51-55)26-54(43(61)67-45(4,5)6)25-29-15-14-22-53(7)24-29/h8-19,22-24,28,34,36-37H,20-21,25-27H2,1-7H3,(H2-,48,49,50,57,60,62,63,64)/p+1/t34-,36+/m1/s1. The first-order valence-electron chi connectivity index (χ1n) is 21.9. The van der Waals surface area contributed by atoms with Crippen molar-refractivity contribution in [2.45, 2.75) is 109 Å². The number of nitrogens with one attached hydrogen (secondary N) is 2. The van der Waals surface area contributed by atoms with E-state index in [-0.39, 0.29) is 46.8 Å². The molecule has 1 aliphatic heterocycles. The molecule has 2 atom stereocenters. The summed E-state index contributed by atoms with van der Waals surface area (Å²) < 4.78 is 54.3. The number of benzene rings is 2. The normalized spacial score (nSPS) is 16.7. The van der Waals surface area contributed by atoms with Gasteiger partial charge in [-0.2, -0.15) is 23.4 Å². The predicted octanol–water partition coefficient (Wildman–Crippen LogP) is 4.63. The fourth-order valence-corrected chi connectivity index (χ4v) is 8.65. The van der Waals surface area contributed by atoms with E-state index < -0.39 is 87.5 Å². The van der Waals surface area contributed by atoms with Crippen molar-refractivity contribution < 1.29 is 60.6 Å². The minimum absolute atomic E-state index is 0.0161. The highest BCUT2D eigenvalue weighted by Gasteiger charge is 2.57. The molecule has 4 heterocycles. The van der Waals surface area contributed by atoms with E-state index in [1.165, 1.54) is 16.5 Å². The Morgan fingerprint density at radius 2 is 1.60 bits per heavy atom. The molecule has 0 spiro atoms. The van der Waals surface area contributed by atoms with Crippen LogP contribution in [0.1, 0.15) is 88.6 Å². The van der Waals surface area contributed by atoms with Gasteiger partial charge in [-0.25, -0.2) is 28.2 Å². The first-order chi connectivity index (χ1) is 33.0. The van der Waals surface area contributed by atoms with Crippen LogP contribution in [0, 0.1) is 0 Å². The van der Waals surface area contributed by atoms with Crippen LogP contribution in [0.4, 0.5) is 14.7 Å². The summed E-state index contributed by atoms with van der Waals surface area (Å²) in [5, 5.41) is 19.0. The molecule has 3 aromatic heterocycles. The van der Waals surface area contributed by atoms with Crippen LogP contribution in [0.3, 0.4) is 0 Å². The summed E-state index contributed by atoms with van der Waals surface area (Å²) in [5.74, 6) is -3.09. The number of esters is 1. The quantitative estimate of drug-likeness (QED) is 0.0218. The van der Waals surface area contributed by atoms with Crippen molar-refractivity contribution in [3.05, 3.63) is 125 Å². The summed E-state index contributed by atoms with van der Waals surface area (Å²) in [6, 6.07) is 18.7. The smallest absolute Gasteiger partial charge is 0.413 e. The number of hydrogen-bond donors (Lipinski definition) is 3. The number of rotatable bonds is 17. The van der Waals surface area contributed by atoms with Gasteiger partial charge in [0.25, 0.3) is 11.8 Å². The number of anilines is 1. The van der Waals surface area contributed by atoms with Crippen LogP contribution in [0.15, 0.2) is 102 Å². The maximum absolute atomic E-state index is 14.3. The highest BCUT2D eigenvalue weighted by atomic mass is 32.2. The highest BCUT2D eigenvalue weighted by Crippen LogP contribution is 2.43. The highest BCUT2D eigenvalue weighted by molar-refractivity contribution is 7.84. The maximum Gasteiger partial charge on any atom is 0.413 e. The number of β-lactam (4-membered cyclic amide) rings is 1. The lowest BCUT2D eigenvalue weighted by molar-refractivity contribution is -0.672. The SMILES string of the molecule is C[n+]1cccc(CN(Cc2cnn(C[C@@H]3[C@H](NC(=O)C(=NOC4(C(=O)OC(c5ccccc5)c5ccccc5)CC4)c4csc(NC(=O)OC(C)(C)C)n4)C(=O)N3S(=O)(=O)O)n2)C(=O)OC(C)(C)C)c1. The van der Waals surface area contributed by atoms with Crippen LogP contribution >= 0.6 is 11.3 Å². The molecular weight excluding hydrogens is 949 g/mol. The minimum Gasteiger partial charge on any atom is -0.450 e. The first kappa shape index (κ1) is 50.6. The molecule has 1 saturated heterocycles. The van der Waals surface area contributed by atoms with E-state index in [9.17, 15) is 36.9 Å². The molecule has 22 nitrogen and oxygen atoms in total. The summed E-state index contributed by atoms with van der Waals surface area (Å²) in [6.07, 6.45) is 3.03. The lowest BCUT2D eigenvalue weighted by Gasteiger charge is -2.43. The van der Waals surface area contributed by atoms with E-state index in [1.54, 1.807) is 41.5 Å². The number of hydrogen-bond acceptors (Lipinski definition) is 16. The molecule has 2 aliphatic rings. The van der Waals surface area contributed by atoms with Crippen LogP contribution in [-0.2, 0) is 70.4 Å². The zero-order valence-corrected chi connectivity index (χ0v) is 41.0. The Morgan fingerprint density at radius 1 is 0.957 bits per heavy atom. The molecule has 24 heteroatoms. The molecule has 2 fully saturated rings. The fraction of sp³-hybridized carbons (Fsp3) is 0.391. The van der Waals surface area contributed by atoms with E-state index in [4.69, 9.17) is 19.0 Å². The van der Waals surface area contributed by atoms with Crippen molar-refractivity contribution in [1.82, 2.24) is 34.5 Å². The number of ether oxygens (including phenoxy) is 3. The van der Waals surface area contributed by atoms with Gasteiger partial charge in [0.1, 0.15) is 41.7 Å². The van der Waals surface area contributed by atoms with Crippen LogP contribution in [0.2, 0.25) is 0 Å². The average molecular weight is 1000 g/mol. The zero-order valence-electron chi connectivity index (χ0n) is 39.3. The molecule has 1 saturated carbocycles. The monoisotopic (exact) mass is 1000 g/mol. The van der Waals surface area contributed by atoms with Crippen LogP contribution < -0.4 is 15.2 Å². The van der Waals surface area contributed by atoms with Gasteiger partial charge in [-0.1, -0.05) is 65.8 Å². The van der Waals surface area contributed by atoms with Crippen LogP contribution in [-0.4, -0.2) is 107 Å². The Kier molecular flexibility index (Phi) is 14.7. The number of pyridine rings is 1. The molecule has 7 rings (SSSR count). The lowest BCUT2D eigenvalue weighted by Crippen LogP contribution is -2.73. The van der Waals surface area contributed by atoms with Crippen molar-refractivity contribution in [2.75, 3.05) is 5.32 Å². The number of thiazole rings is 1. The summed E-state index contributed by atoms with van der Waals surface area (Å²) in [7, 11) is -3.35. The van der Waals surface area contributed by atoms with Gasteiger partial charge in [0.15, 0.2) is 29.3 Å². The molecule has 1 aliphatic carbocycles. The van der Waals surface area contributed by atoms with Gasteiger partial charge in [0.05, 0.1) is 25.8 Å². The summed E-state index contributed by atoms with van der Waals surface area (Å²) >= 11 is 0.893. The van der Waals surface area contributed by atoms with Crippen molar-refractivity contribution in [3.63, 3.8) is 0 Å². The summed E-state index contributed by atoms with van der Waals surface area (Å²) in [5.41, 5.74) is -1.62. The molecule has 3 N–H and O–H groups in total. The number of nitrogens with zero attached hydrogens (tertiary/aromatic N) is 8. The number of oxime groups is 1. The number of carbonyl (C=O) groups is 5. The molecule has 370 valence electrons. The summed E-state index contributed by atoms with van der Waals surface area (Å²) in [6.45, 7) is 9.75. The Hall–Kier alpha value is -7.31. The topological polar surface area (TPSA) is 267 Å². The molecule has 0 radical (unpaired) electrons. The van der Waals surface area contributed by atoms with Gasteiger partial charge in [-0.05, 0) is 58.7 Å². The predicted molar refractivity (Wildman–Crippen MR) is 250 cm³/mol. The van der Waals surface area contributed by atoms with Gasteiger partial charge in [-0.3, -0.25) is 24.4 Å². The first-order valence-corrected chi connectivity index (χ1v) is 24.2.